The van der Waals surface area contributed by atoms with Gasteiger partial charge >= 0.3 is 5.97 Å². The lowest BCUT2D eigenvalue weighted by Gasteiger charge is -2.13. The second kappa shape index (κ2) is 21.8. The molecular weight excluding hydrogens is 362 g/mol. The van der Waals surface area contributed by atoms with Crippen molar-refractivity contribution < 1.29 is 15.0 Å². The van der Waals surface area contributed by atoms with Crippen molar-refractivity contribution in [3.8, 4) is 0 Å². The van der Waals surface area contributed by atoms with Crippen LogP contribution in [0.3, 0.4) is 0 Å². The number of unbranched alkanes of at least 4 members (excludes halogenated alkanes) is 10. The van der Waals surface area contributed by atoms with Crippen molar-refractivity contribution in [2.24, 2.45) is 0 Å². The van der Waals surface area contributed by atoms with Gasteiger partial charge in [-0.2, -0.15) is 0 Å². The fourth-order valence-corrected chi connectivity index (χ4v) is 3.78. The number of rotatable bonds is 22. The first kappa shape index (κ1) is 28.1. The molecule has 4 nitrogen and oxygen atoms in total. The molecule has 0 radical (unpaired) electrons. The van der Waals surface area contributed by atoms with Gasteiger partial charge in [-0.1, -0.05) is 77.2 Å². The van der Waals surface area contributed by atoms with E-state index in [0.29, 0.717) is 12.0 Å². The fraction of sp³-hybridized carbons (Fsp3) is 0.880. The molecule has 0 aromatic carbocycles. The third kappa shape index (κ3) is 17.7. The summed E-state index contributed by atoms with van der Waals surface area (Å²) >= 11 is 0. The van der Waals surface area contributed by atoms with Gasteiger partial charge in [0.2, 0.25) is 0 Å². The summed E-state index contributed by atoms with van der Waals surface area (Å²) in [6.45, 7) is 6.47. The van der Waals surface area contributed by atoms with Crippen molar-refractivity contribution >= 4 is 5.97 Å². The highest BCUT2D eigenvalue weighted by atomic mass is 16.4. The van der Waals surface area contributed by atoms with E-state index in [1.54, 1.807) is 0 Å². The Labute approximate surface area is 180 Å². The van der Waals surface area contributed by atoms with Crippen LogP contribution in [0.25, 0.3) is 0 Å². The van der Waals surface area contributed by atoms with Gasteiger partial charge in [-0.3, -0.25) is 0 Å². The average Bonchev–Trinajstić information content (AvgIpc) is 2.71. The standard InChI is InChI=1S/C25H49NO3/c1-3-5-7-8-9-10-11-13-18-23(17-6-4-2)24(25(28)29)19-14-12-15-20-26-21-16-22-27/h26-27H,3-22H2,1-2H3,(H,28,29). The molecule has 4 heteroatoms. The molecule has 172 valence electrons. The molecule has 0 bridgehead atoms. The normalized spacial score (nSPS) is 12.2. The van der Waals surface area contributed by atoms with Crippen LogP contribution >= 0.6 is 0 Å². The van der Waals surface area contributed by atoms with Crippen molar-refractivity contribution in [2.75, 3.05) is 19.7 Å². The maximum Gasteiger partial charge on any atom is 0.331 e. The minimum Gasteiger partial charge on any atom is -0.478 e. The van der Waals surface area contributed by atoms with E-state index >= 15 is 0 Å². The molecule has 0 atom stereocenters. The molecule has 0 aliphatic carbocycles. The van der Waals surface area contributed by atoms with Crippen molar-refractivity contribution in [2.45, 2.75) is 123 Å². The van der Waals surface area contributed by atoms with Gasteiger partial charge in [0.15, 0.2) is 0 Å². The van der Waals surface area contributed by atoms with Gasteiger partial charge in [-0.15, -0.1) is 0 Å². The fourth-order valence-electron chi connectivity index (χ4n) is 3.78. The molecule has 0 aromatic rings. The van der Waals surface area contributed by atoms with Gasteiger partial charge in [0.25, 0.3) is 0 Å². The molecule has 0 saturated carbocycles. The van der Waals surface area contributed by atoms with E-state index in [2.05, 4.69) is 19.2 Å². The summed E-state index contributed by atoms with van der Waals surface area (Å²) in [5.74, 6) is -0.697. The van der Waals surface area contributed by atoms with E-state index < -0.39 is 5.97 Å². The van der Waals surface area contributed by atoms with Gasteiger partial charge in [0.05, 0.1) is 0 Å². The van der Waals surface area contributed by atoms with Crippen molar-refractivity contribution in [3.63, 3.8) is 0 Å². The number of hydrogen-bond acceptors (Lipinski definition) is 3. The van der Waals surface area contributed by atoms with Crippen LogP contribution in [0.15, 0.2) is 11.1 Å². The molecule has 29 heavy (non-hydrogen) atoms. The number of aliphatic hydroxyl groups is 1. The number of nitrogens with one attached hydrogen (secondary N) is 1. The molecule has 0 unspecified atom stereocenters. The first-order chi connectivity index (χ1) is 14.2. The summed E-state index contributed by atoms with van der Waals surface area (Å²) in [4.78, 5) is 11.9. The quantitative estimate of drug-likeness (QED) is 0.138. The van der Waals surface area contributed by atoms with Crippen LogP contribution in [0.4, 0.5) is 0 Å². The maximum absolute atomic E-state index is 11.9. The first-order valence-electron chi connectivity index (χ1n) is 12.4. The summed E-state index contributed by atoms with van der Waals surface area (Å²) < 4.78 is 0. The zero-order valence-corrected chi connectivity index (χ0v) is 19.4. The highest BCUT2D eigenvalue weighted by Gasteiger charge is 2.14. The highest BCUT2D eigenvalue weighted by molar-refractivity contribution is 5.87. The number of aliphatic carboxylic acids is 1. The lowest BCUT2D eigenvalue weighted by molar-refractivity contribution is -0.132. The minimum atomic E-state index is -0.697. The predicted molar refractivity (Wildman–Crippen MR) is 124 cm³/mol. The SMILES string of the molecule is CCCCCCCCCCC(CCCC)=C(CCCCCNCCCO)C(=O)O. The third-order valence-electron chi connectivity index (χ3n) is 5.64. The summed E-state index contributed by atoms with van der Waals surface area (Å²) in [6.07, 6.45) is 19.1. The van der Waals surface area contributed by atoms with Crippen LogP contribution < -0.4 is 5.32 Å². The van der Waals surface area contributed by atoms with E-state index in [1.807, 2.05) is 0 Å². The smallest absolute Gasteiger partial charge is 0.331 e. The Kier molecular flexibility index (Phi) is 21.2. The van der Waals surface area contributed by atoms with Crippen LogP contribution in [0.5, 0.6) is 0 Å². The van der Waals surface area contributed by atoms with Crippen LogP contribution in [-0.4, -0.2) is 35.9 Å². The Balaban J connectivity index is 4.31. The molecule has 0 fully saturated rings. The molecule has 0 aliphatic heterocycles. The van der Waals surface area contributed by atoms with Crippen LogP contribution in [-0.2, 0) is 4.79 Å². The maximum atomic E-state index is 11.9. The van der Waals surface area contributed by atoms with Crippen LogP contribution in [0.2, 0.25) is 0 Å². The molecule has 0 aromatic heterocycles. The zero-order valence-electron chi connectivity index (χ0n) is 19.4. The topological polar surface area (TPSA) is 69.6 Å². The van der Waals surface area contributed by atoms with E-state index in [4.69, 9.17) is 5.11 Å². The minimum absolute atomic E-state index is 0.235. The molecule has 0 saturated heterocycles. The Morgan fingerprint density at radius 2 is 1.17 bits per heavy atom. The molecule has 0 aliphatic rings. The van der Waals surface area contributed by atoms with Gasteiger partial charge in [0.1, 0.15) is 0 Å². The molecule has 0 amide bonds. The summed E-state index contributed by atoms with van der Waals surface area (Å²) in [5.41, 5.74) is 1.92. The number of carboxylic acid groups (broad SMARTS) is 1. The first-order valence-corrected chi connectivity index (χ1v) is 12.4. The Hall–Kier alpha value is -0.870. The zero-order chi connectivity index (χ0) is 21.6. The summed E-state index contributed by atoms with van der Waals surface area (Å²) in [5, 5.41) is 21.9. The summed E-state index contributed by atoms with van der Waals surface area (Å²) in [6, 6.07) is 0. The van der Waals surface area contributed by atoms with Crippen LogP contribution in [0, 0.1) is 0 Å². The van der Waals surface area contributed by atoms with Gasteiger partial charge in [0, 0.05) is 12.2 Å². The van der Waals surface area contributed by atoms with Crippen molar-refractivity contribution in [1.82, 2.24) is 5.32 Å². The second-order valence-electron chi connectivity index (χ2n) is 8.35. The number of aliphatic hydroxyl groups excluding tert-OH is 1. The second-order valence-corrected chi connectivity index (χ2v) is 8.35. The molecule has 0 rings (SSSR count). The van der Waals surface area contributed by atoms with Gasteiger partial charge < -0.3 is 15.5 Å². The molecule has 0 spiro atoms. The largest absolute Gasteiger partial charge is 0.478 e. The van der Waals surface area contributed by atoms with E-state index in [1.165, 1.54) is 50.5 Å². The molecular formula is C25H49NO3. The average molecular weight is 412 g/mol. The number of allylic oxidation sites excluding steroid dienone is 1. The lowest BCUT2D eigenvalue weighted by atomic mass is 9.93. The Morgan fingerprint density at radius 3 is 1.79 bits per heavy atom. The third-order valence-corrected chi connectivity index (χ3v) is 5.64. The van der Waals surface area contributed by atoms with E-state index in [-0.39, 0.29) is 6.61 Å². The highest BCUT2D eigenvalue weighted by Crippen LogP contribution is 2.24. The van der Waals surface area contributed by atoms with Crippen molar-refractivity contribution in [3.05, 3.63) is 11.1 Å². The number of carboxylic acids is 1. The van der Waals surface area contributed by atoms with Crippen molar-refractivity contribution in [1.29, 1.82) is 0 Å². The summed E-state index contributed by atoms with van der Waals surface area (Å²) in [7, 11) is 0. The van der Waals surface area contributed by atoms with Crippen LogP contribution in [0.1, 0.15) is 123 Å². The molecule has 0 heterocycles. The van der Waals surface area contributed by atoms with E-state index in [9.17, 15) is 9.90 Å². The molecule has 3 N–H and O–H groups in total. The van der Waals surface area contributed by atoms with Gasteiger partial charge in [-0.05, 0) is 64.5 Å². The monoisotopic (exact) mass is 411 g/mol. The predicted octanol–water partition coefficient (Wildman–Crippen LogP) is 6.62. The Bertz CT molecular complexity index is 407. The van der Waals surface area contributed by atoms with Gasteiger partial charge in [-0.25, -0.2) is 4.79 Å². The Morgan fingerprint density at radius 1 is 0.655 bits per heavy atom. The number of carbonyl (C=O) groups is 1. The lowest BCUT2D eigenvalue weighted by Crippen LogP contribution is -2.17. The van der Waals surface area contributed by atoms with E-state index in [0.717, 1.165) is 70.9 Å². The number of hydrogen-bond donors (Lipinski definition) is 3.